The molecule has 0 atom stereocenters. The van der Waals surface area contributed by atoms with Gasteiger partial charge in [0.15, 0.2) is 11.5 Å². The topological polar surface area (TPSA) is 38.7 Å². The van der Waals surface area contributed by atoms with E-state index >= 15 is 0 Å². The normalized spacial score (nSPS) is 23.2. The van der Waals surface area contributed by atoms with Gasteiger partial charge < -0.3 is 14.6 Å². The minimum absolute atomic E-state index is 0.542. The molecule has 1 fully saturated rings. The highest BCUT2D eigenvalue weighted by molar-refractivity contribution is 6.31. The van der Waals surface area contributed by atoms with Gasteiger partial charge in [-0.05, 0) is 18.9 Å². The zero-order chi connectivity index (χ0) is 11.6. The Balaban J connectivity index is 2.07. The molecule has 16 heavy (non-hydrogen) atoms. The molecule has 0 radical (unpaired) electrons. The molecule has 1 saturated carbocycles. The van der Waals surface area contributed by atoms with Gasteiger partial charge in [-0.1, -0.05) is 11.6 Å². The van der Waals surface area contributed by atoms with Gasteiger partial charge in [0.05, 0.1) is 10.6 Å². The summed E-state index contributed by atoms with van der Waals surface area (Å²) in [6.07, 6.45) is 1.52. The monoisotopic (exact) mass is 240 g/mol. The van der Waals surface area contributed by atoms with Gasteiger partial charge in [-0.25, -0.2) is 0 Å². The third-order valence-corrected chi connectivity index (χ3v) is 3.28. The van der Waals surface area contributed by atoms with Crippen LogP contribution in [0.15, 0.2) is 12.1 Å². The van der Waals surface area contributed by atoms with Crippen LogP contribution < -0.4 is 9.47 Å². The number of ether oxygens (including phenoxy) is 2. The van der Waals surface area contributed by atoms with E-state index in [9.17, 15) is 5.11 Å². The summed E-state index contributed by atoms with van der Waals surface area (Å²) in [5.74, 6) is 0.643. The maximum atomic E-state index is 10.1. The van der Waals surface area contributed by atoms with E-state index in [1.807, 2.05) is 13.8 Å². The number of hydrogen-bond donors (Lipinski definition) is 1. The summed E-state index contributed by atoms with van der Waals surface area (Å²) in [5, 5.41) is 10.6. The maximum absolute atomic E-state index is 10.1. The van der Waals surface area contributed by atoms with Crippen molar-refractivity contribution in [2.24, 2.45) is 0 Å². The highest BCUT2D eigenvalue weighted by atomic mass is 35.5. The largest absolute Gasteiger partial charge is 0.449 e. The molecule has 3 nitrogen and oxygen atoms in total. The first-order chi connectivity index (χ1) is 7.40. The van der Waals surface area contributed by atoms with E-state index in [-0.39, 0.29) is 0 Å². The van der Waals surface area contributed by atoms with Crippen molar-refractivity contribution in [3.8, 4) is 11.5 Å². The van der Waals surface area contributed by atoms with E-state index in [1.165, 1.54) is 0 Å². The van der Waals surface area contributed by atoms with Gasteiger partial charge in [-0.3, -0.25) is 0 Å². The van der Waals surface area contributed by atoms with Crippen molar-refractivity contribution in [2.75, 3.05) is 0 Å². The minimum Gasteiger partial charge on any atom is -0.449 e. The summed E-state index contributed by atoms with van der Waals surface area (Å²) in [7, 11) is 0. The average molecular weight is 241 g/mol. The molecule has 0 spiro atoms. The molecule has 0 amide bonds. The lowest BCUT2D eigenvalue weighted by atomic mass is 10.1. The fraction of sp³-hybridized carbons (Fsp3) is 0.500. The van der Waals surface area contributed by atoms with E-state index in [4.69, 9.17) is 21.1 Å². The van der Waals surface area contributed by atoms with E-state index in [0.29, 0.717) is 16.5 Å². The van der Waals surface area contributed by atoms with Gasteiger partial charge in [0.2, 0.25) is 5.79 Å². The quantitative estimate of drug-likeness (QED) is 0.820. The Bertz CT molecular complexity index is 464. The lowest BCUT2D eigenvalue weighted by molar-refractivity contribution is -0.0432. The number of fused-ring (bicyclic) bond motifs is 1. The van der Waals surface area contributed by atoms with Crippen molar-refractivity contribution >= 4 is 11.6 Å². The van der Waals surface area contributed by atoms with Crippen LogP contribution in [0.3, 0.4) is 0 Å². The van der Waals surface area contributed by atoms with Crippen molar-refractivity contribution in [1.29, 1.82) is 0 Å². The third kappa shape index (κ3) is 1.46. The highest BCUT2D eigenvalue weighted by Crippen LogP contribution is 2.52. The first-order valence-electron chi connectivity index (χ1n) is 5.34. The average Bonchev–Trinajstić information content (AvgIpc) is 2.80. The van der Waals surface area contributed by atoms with Crippen molar-refractivity contribution < 1.29 is 14.6 Å². The smallest absolute Gasteiger partial charge is 0.246 e. The molecule has 0 aromatic heterocycles. The van der Waals surface area contributed by atoms with Gasteiger partial charge in [0.1, 0.15) is 0 Å². The minimum atomic E-state index is -0.748. The number of rotatable bonds is 1. The SMILES string of the molecule is CC1(C)Oc2cc(Cl)c(C3(O)CC3)cc2O1. The zero-order valence-electron chi connectivity index (χ0n) is 9.21. The molecule has 1 N–H and O–H groups in total. The molecule has 1 aliphatic carbocycles. The summed E-state index contributed by atoms with van der Waals surface area (Å²) in [5.41, 5.74) is -0.00317. The second-order valence-electron chi connectivity index (χ2n) is 4.91. The Morgan fingerprint density at radius 1 is 1.19 bits per heavy atom. The summed E-state index contributed by atoms with van der Waals surface area (Å²) < 4.78 is 11.2. The van der Waals surface area contributed by atoms with E-state index in [2.05, 4.69) is 0 Å². The van der Waals surface area contributed by atoms with Crippen molar-refractivity contribution in [3.63, 3.8) is 0 Å². The van der Waals surface area contributed by atoms with Crippen LogP contribution in [0.4, 0.5) is 0 Å². The fourth-order valence-corrected chi connectivity index (χ4v) is 2.32. The lowest BCUT2D eigenvalue weighted by Gasteiger charge is -2.16. The Morgan fingerprint density at radius 3 is 2.31 bits per heavy atom. The summed E-state index contributed by atoms with van der Waals surface area (Å²) in [6.45, 7) is 3.68. The number of aliphatic hydroxyl groups is 1. The van der Waals surface area contributed by atoms with Crippen LogP contribution >= 0.6 is 11.6 Å². The Kier molecular flexibility index (Phi) is 1.82. The van der Waals surface area contributed by atoms with Gasteiger partial charge in [-0.15, -0.1) is 0 Å². The van der Waals surface area contributed by atoms with Gasteiger partial charge in [0.25, 0.3) is 0 Å². The Hall–Kier alpha value is -0.930. The molecule has 4 heteroatoms. The first-order valence-corrected chi connectivity index (χ1v) is 5.72. The third-order valence-electron chi connectivity index (χ3n) is 2.97. The number of benzene rings is 1. The molecule has 1 aromatic rings. The second-order valence-corrected chi connectivity index (χ2v) is 5.32. The fourth-order valence-electron chi connectivity index (χ4n) is 1.99. The van der Waals surface area contributed by atoms with Crippen LogP contribution in [0.25, 0.3) is 0 Å². The van der Waals surface area contributed by atoms with E-state index < -0.39 is 11.4 Å². The summed E-state index contributed by atoms with van der Waals surface area (Å²) in [4.78, 5) is 0. The van der Waals surface area contributed by atoms with Crippen molar-refractivity contribution in [3.05, 3.63) is 22.7 Å². The first kappa shape index (κ1) is 10.2. The molecule has 2 aliphatic rings. The predicted octanol–water partition coefficient (Wildman–Crippen LogP) is 2.83. The highest BCUT2D eigenvalue weighted by Gasteiger charge is 2.45. The van der Waals surface area contributed by atoms with E-state index in [0.717, 1.165) is 18.4 Å². The number of halogens is 1. The summed E-state index contributed by atoms with van der Waals surface area (Å²) in [6, 6.07) is 3.51. The molecule has 0 bridgehead atoms. The Morgan fingerprint density at radius 2 is 1.75 bits per heavy atom. The van der Waals surface area contributed by atoms with Crippen LogP contribution in [-0.2, 0) is 5.60 Å². The van der Waals surface area contributed by atoms with Crippen LogP contribution in [0.1, 0.15) is 32.3 Å². The molecular formula is C12H13ClO3. The van der Waals surface area contributed by atoms with Crippen LogP contribution in [0.2, 0.25) is 5.02 Å². The molecule has 86 valence electrons. The molecule has 0 unspecified atom stereocenters. The molecule has 1 aromatic carbocycles. The molecular weight excluding hydrogens is 228 g/mol. The molecule has 1 heterocycles. The van der Waals surface area contributed by atoms with Crippen LogP contribution in [0, 0.1) is 0 Å². The number of hydrogen-bond acceptors (Lipinski definition) is 3. The standard InChI is InChI=1S/C12H13ClO3/c1-11(2)15-9-5-7(12(14)3-4-12)8(13)6-10(9)16-11/h5-6,14H,3-4H2,1-2H3. The Labute approximate surface area is 98.9 Å². The van der Waals surface area contributed by atoms with Gasteiger partial charge in [0, 0.05) is 25.5 Å². The molecule has 3 rings (SSSR count). The lowest BCUT2D eigenvalue weighted by Crippen LogP contribution is -2.29. The van der Waals surface area contributed by atoms with E-state index in [1.54, 1.807) is 12.1 Å². The van der Waals surface area contributed by atoms with Crippen LogP contribution in [-0.4, -0.2) is 10.9 Å². The zero-order valence-corrected chi connectivity index (χ0v) is 9.97. The molecule has 0 saturated heterocycles. The predicted molar refractivity (Wildman–Crippen MR) is 59.9 cm³/mol. The second kappa shape index (κ2) is 2.84. The maximum Gasteiger partial charge on any atom is 0.246 e. The van der Waals surface area contributed by atoms with Gasteiger partial charge in [-0.2, -0.15) is 0 Å². The molecule has 1 aliphatic heterocycles. The van der Waals surface area contributed by atoms with Crippen molar-refractivity contribution in [2.45, 2.75) is 38.1 Å². The summed E-state index contributed by atoms with van der Waals surface area (Å²) >= 11 is 6.13. The van der Waals surface area contributed by atoms with Crippen LogP contribution in [0.5, 0.6) is 11.5 Å². The van der Waals surface area contributed by atoms with Crippen molar-refractivity contribution in [1.82, 2.24) is 0 Å². The van der Waals surface area contributed by atoms with Gasteiger partial charge >= 0.3 is 0 Å².